The predicted octanol–water partition coefficient (Wildman–Crippen LogP) is 2.07. The van der Waals surface area contributed by atoms with Crippen LogP contribution in [0.2, 0.25) is 0 Å². The quantitative estimate of drug-likeness (QED) is 0.613. The summed E-state index contributed by atoms with van der Waals surface area (Å²) in [5, 5.41) is 0. The minimum absolute atomic E-state index is 0.499. The predicted molar refractivity (Wildman–Crippen MR) is 48.9 cm³/mol. The third kappa shape index (κ3) is 2.03. The summed E-state index contributed by atoms with van der Waals surface area (Å²) in [6, 6.07) is 2.59. The fourth-order valence-corrected chi connectivity index (χ4v) is 1.02. The minimum atomic E-state index is 0.499. The van der Waals surface area contributed by atoms with E-state index in [1.54, 1.807) is 0 Å². The molecular weight excluding hydrogens is 148 g/mol. The Morgan fingerprint density at radius 2 is 1.92 bits per heavy atom. The highest BCUT2D eigenvalue weighted by atomic mass is 15.0. The molecule has 0 aliphatic rings. The van der Waals surface area contributed by atoms with Gasteiger partial charge in [0.2, 0.25) is 0 Å². The van der Waals surface area contributed by atoms with Gasteiger partial charge < -0.3 is 0 Å². The molecule has 2 nitrogen and oxygen atoms in total. The first-order chi connectivity index (χ1) is 5.61. The molecule has 0 aromatic carbocycles. The second-order valence-corrected chi connectivity index (χ2v) is 3.68. The average molecular weight is 165 g/mol. The maximum absolute atomic E-state index is 4.36. The highest BCUT2D eigenvalue weighted by Crippen LogP contribution is 2.07. The summed E-state index contributed by atoms with van der Waals surface area (Å²) in [6.45, 7) is 8.61. The van der Waals surface area contributed by atoms with E-state index in [2.05, 4.69) is 49.5 Å². The van der Waals surface area contributed by atoms with Crippen molar-refractivity contribution in [2.75, 3.05) is 0 Å². The van der Waals surface area contributed by atoms with Gasteiger partial charge in [-0.2, -0.15) is 0 Å². The molecule has 66 valence electrons. The fourth-order valence-electron chi connectivity index (χ4n) is 1.02. The molecule has 1 aromatic rings. The number of rotatable bonds is 2. The number of nitrogens with zero attached hydrogens (tertiary/aromatic N) is 2. The van der Waals surface area contributed by atoms with Crippen LogP contribution in [0.3, 0.4) is 0 Å². The molecule has 0 aliphatic carbocycles. The third-order valence-corrected chi connectivity index (χ3v) is 1.95. The SMILES string of the molecule is CC(C)c1cc[n+](C(C)C)cn1. The van der Waals surface area contributed by atoms with Crippen molar-refractivity contribution in [2.24, 2.45) is 0 Å². The largest absolute Gasteiger partial charge is 0.286 e. The Bertz CT molecular complexity index is 210. The number of aromatic nitrogens is 2. The molecule has 1 rings (SSSR count). The lowest BCUT2D eigenvalue weighted by atomic mass is 10.1. The van der Waals surface area contributed by atoms with E-state index < -0.39 is 0 Å². The Balaban J connectivity index is 2.86. The van der Waals surface area contributed by atoms with E-state index in [9.17, 15) is 0 Å². The van der Waals surface area contributed by atoms with Crippen LogP contribution in [-0.2, 0) is 0 Å². The van der Waals surface area contributed by atoms with Gasteiger partial charge in [0.1, 0.15) is 0 Å². The number of hydrogen-bond acceptors (Lipinski definition) is 1. The second-order valence-electron chi connectivity index (χ2n) is 3.68. The van der Waals surface area contributed by atoms with Gasteiger partial charge in [-0.15, -0.1) is 0 Å². The second kappa shape index (κ2) is 3.65. The number of hydrogen-bond donors (Lipinski definition) is 0. The van der Waals surface area contributed by atoms with Crippen LogP contribution in [0.5, 0.6) is 0 Å². The van der Waals surface area contributed by atoms with Crippen LogP contribution in [0.15, 0.2) is 18.6 Å². The molecule has 0 saturated heterocycles. The van der Waals surface area contributed by atoms with Crippen LogP contribution >= 0.6 is 0 Å². The summed E-state index contributed by atoms with van der Waals surface area (Å²) in [6.07, 6.45) is 3.99. The van der Waals surface area contributed by atoms with Gasteiger partial charge in [0.15, 0.2) is 5.69 Å². The third-order valence-electron chi connectivity index (χ3n) is 1.95. The zero-order valence-electron chi connectivity index (χ0n) is 8.28. The molecule has 0 saturated carbocycles. The molecule has 0 N–H and O–H groups in total. The van der Waals surface area contributed by atoms with E-state index in [4.69, 9.17) is 0 Å². The highest BCUT2D eigenvalue weighted by molar-refractivity contribution is 5.00. The van der Waals surface area contributed by atoms with E-state index in [-0.39, 0.29) is 0 Å². The van der Waals surface area contributed by atoms with Crippen molar-refractivity contribution < 1.29 is 4.57 Å². The van der Waals surface area contributed by atoms with Crippen molar-refractivity contribution in [1.82, 2.24) is 4.98 Å². The maximum Gasteiger partial charge on any atom is 0.286 e. The molecule has 1 aromatic heterocycles. The summed E-state index contributed by atoms with van der Waals surface area (Å²) < 4.78 is 2.10. The van der Waals surface area contributed by atoms with Crippen molar-refractivity contribution in [2.45, 2.75) is 39.7 Å². The van der Waals surface area contributed by atoms with Crippen LogP contribution in [0.25, 0.3) is 0 Å². The Morgan fingerprint density at radius 3 is 2.25 bits per heavy atom. The minimum Gasteiger partial charge on any atom is -0.235 e. The summed E-state index contributed by atoms with van der Waals surface area (Å²) in [5.74, 6) is 0.520. The molecule has 2 heteroatoms. The van der Waals surface area contributed by atoms with Crippen molar-refractivity contribution in [3.05, 3.63) is 24.3 Å². The molecule has 0 atom stereocenters. The van der Waals surface area contributed by atoms with Gasteiger partial charge >= 0.3 is 0 Å². The molecule has 0 unspecified atom stereocenters. The van der Waals surface area contributed by atoms with Crippen molar-refractivity contribution in [3.8, 4) is 0 Å². The monoisotopic (exact) mass is 165 g/mol. The molecule has 0 spiro atoms. The first-order valence-electron chi connectivity index (χ1n) is 4.48. The van der Waals surface area contributed by atoms with Crippen LogP contribution < -0.4 is 4.57 Å². The summed E-state index contributed by atoms with van der Waals surface area (Å²) in [5.41, 5.74) is 1.16. The van der Waals surface area contributed by atoms with Crippen LogP contribution in [0.1, 0.15) is 45.3 Å². The maximum atomic E-state index is 4.36. The van der Waals surface area contributed by atoms with Crippen LogP contribution in [0, 0.1) is 0 Å². The lowest BCUT2D eigenvalue weighted by molar-refractivity contribution is -0.719. The first kappa shape index (κ1) is 9.17. The molecule has 0 aliphatic heterocycles. The van der Waals surface area contributed by atoms with E-state index in [0.29, 0.717) is 12.0 Å². The Morgan fingerprint density at radius 1 is 1.25 bits per heavy atom. The highest BCUT2D eigenvalue weighted by Gasteiger charge is 2.08. The molecular formula is C10H17N2+. The molecule has 0 amide bonds. The normalized spacial score (nSPS) is 11.2. The van der Waals surface area contributed by atoms with Gasteiger partial charge in [0, 0.05) is 12.0 Å². The van der Waals surface area contributed by atoms with E-state index in [1.807, 2.05) is 6.33 Å². The topological polar surface area (TPSA) is 16.8 Å². The fraction of sp³-hybridized carbons (Fsp3) is 0.600. The standard InChI is InChI=1S/C10H17N2/c1-8(2)10-5-6-12(7-11-10)9(3)4/h5-9H,1-4H3/q+1. The summed E-state index contributed by atoms with van der Waals surface area (Å²) >= 11 is 0. The van der Waals surface area contributed by atoms with Gasteiger partial charge in [-0.3, -0.25) is 0 Å². The molecule has 0 bridgehead atoms. The van der Waals surface area contributed by atoms with Crippen LogP contribution in [0.4, 0.5) is 0 Å². The molecule has 12 heavy (non-hydrogen) atoms. The van der Waals surface area contributed by atoms with Gasteiger partial charge in [-0.1, -0.05) is 18.8 Å². The molecule has 1 heterocycles. The van der Waals surface area contributed by atoms with Gasteiger partial charge in [-0.05, 0) is 13.8 Å². The van der Waals surface area contributed by atoms with E-state index >= 15 is 0 Å². The summed E-state index contributed by atoms with van der Waals surface area (Å²) in [7, 11) is 0. The Labute approximate surface area is 74.3 Å². The van der Waals surface area contributed by atoms with E-state index in [1.165, 1.54) is 0 Å². The van der Waals surface area contributed by atoms with Gasteiger partial charge in [0.05, 0.1) is 12.2 Å². The van der Waals surface area contributed by atoms with Crippen molar-refractivity contribution in [1.29, 1.82) is 0 Å². The lowest BCUT2D eigenvalue weighted by Gasteiger charge is -2.02. The van der Waals surface area contributed by atoms with Gasteiger partial charge in [-0.25, -0.2) is 4.57 Å². The molecule has 0 radical (unpaired) electrons. The average Bonchev–Trinajstić information content (AvgIpc) is 2.04. The zero-order chi connectivity index (χ0) is 9.14. The smallest absolute Gasteiger partial charge is 0.235 e. The van der Waals surface area contributed by atoms with Crippen LogP contribution in [-0.4, -0.2) is 4.98 Å². The summed E-state index contributed by atoms with van der Waals surface area (Å²) in [4.78, 5) is 4.36. The van der Waals surface area contributed by atoms with Gasteiger partial charge in [0.25, 0.3) is 6.33 Å². The van der Waals surface area contributed by atoms with E-state index in [0.717, 1.165) is 5.69 Å². The van der Waals surface area contributed by atoms with Crippen molar-refractivity contribution >= 4 is 0 Å². The lowest BCUT2D eigenvalue weighted by Crippen LogP contribution is -2.36. The Kier molecular flexibility index (Phi) is 2.79. The zero-order valence-corrected chi connectivity index (χ0v) is 8.28. The molecule has 0 fully saturated rings. The Hall–Kier alpha value is -0.920. The van der Waals surface area contributed by atoms with Crippen molar-refractivity contribution in [3.63, 3.8) is 0 Å². The first-order valence-corrected chi connectivity index (χ1v) is 4.48.